The SMILES string of the molecule is C=CCNC(=O)[C@H](C)OC(=O)Cc1c(C)nn(-c2ccccc2)c1C. The highest BCUT2D eigenvalue weighted by Crippen LogP contribution is 2.18. The van der Waals surface area contributed by atoms with Gasteiger partial charge in [0.15, 0.2) is 6.10 Å². The molecule has 0 fully saturated rings. The van der Waals surface area contributed by atoms with Crippen LogP contribution in [0.3, 0.4) is 0 Å². The van der Waals surface area contributed by atoms with E-state index in [1.165, 1.54) is 0 Å². The van der Waals surface area contributed by atoms with Crippen LogP contribution < -0.4 is 5.32 Å². The van der Waals surface area contributed by atoms with Crippen molar-refractivity contribution in [1.29, 1.82) is 0 Å². The van der Waals surface area contributed by atoms with Crippen LogP contribution in [0.1, 0.15) is 23.9 Å². The Kier molecular flexibility index (Phi) is 6.11. The number of ether oxygens (including phenoxy) is 1. The number of hydrogen-bond donors (Lipinski definition) is 1. The lowest BCUT2D eigenvalue weighted by Crippen LogP contribution is -2.36. The molecule has 6 nitrogen and oxygen atoms in total. The van der Waals surface area contributed by atoms with E-state index in [-0.39, 0.29) is 12.3 Å². The molecule has 0 aliphatic carbocycles. The molecular formula is C19H23N3O3. The third kappa shape index (κ3) is 4.56. The zero-order valence-electron chi connectivity index (χ0n) is 14.8. The number of rotatable bonds is 7. The standard InChI is InChI=1S/C19H23N3O3/c1-5-11-20-19(24)15(4)25-18(23)12-17-13(2)21-22(14(17)3)16-9-7-6-8-10-16/h5-10,15H,1,11-12H2,2-4H3,(H,20,24)/t15-/m0/s1. The summed E-state index contributed by atoms with van der Waals surface area (Å²) in [4.78, 5) is 24.0. The van der Waals surface area contributed by atoms with E-state index >= 15 is 0 Å². The third-order valence-corrected chi connectivity index (χ3v) is 3.86. The van der Waals surface area contributed by atoms with Gasteiger partial charge in [-0.05, 0) is 32.9 Å². The number of carbonyl (C=O) groups is 2. The summed E-state index contributed by atoms with van der Waals surface area (Å²) in [5, 5.41) is 7.11. The fourth-order valence-electron chi connectivity index (χ4n) is 2.50. The van der Waals surface area contributed by atoms with Crippen molar-refractivity contribution in [2.24, 2.45) is 0 Å². The van der Waals surface area contributed by atoms with Crippen molar-refractivity contribution in [1.82, 2.24) is 15.1 Å². The maximum absolute atomic E-state index is 12.2. The molecule has 1 aromatic carbocycles. The number of carbonyl (C=O) groups excluding carboxylic acids is 2. The topological polar surface area (TPSA) is 73.2 Å². The third-order valence-electron chi connectivity index (χ3n) is 3.86. The number of nitrogens with zero attached hydrogens (tertiary/aromatic N) is 2. The molecule has 0 saturated carbocycles. The summed E-state index contributed by atoms with van der Waals surface area (Å²) in [6.45, 7) is 9.17. The molecule has 6 heteroatoms. The van der Waals surface area contributed by atoms with Crippen molar-refractivity contribution in [2.75, 3.05) is 6.54 Å². The van der Waals surface area contributed by atoms with E-state index in [1.807, 2.05) is 44.2 Å². The van der Waals surface area contributed by atoms with E-state index < -0.39 is 12.1 Å². The molecular weight excluding hydrogens is 318 g/mol. The van der Waals surface area contributed by atoms with Crippen LogP contribution in [0.25, 0.3) is 5.69 Å². The lowest BCUT2D eigenvalue weighted by molar-refractivity contribution is -0.154. The first-order chi connectivity index (χ1) is 11.9. The normalized spacial score (nSPS) is 11.6. The van der Waals surface area contributed by atoms with Crippen LogP contribution in [0.2, 0.25) is 0 Å². The molecule has 1 amide bonds. The molecule has 1 heterocycles. The lowest BCUT2D eigenvalue weighted by atomic mass is 10.1. The van der Waals surface area contributed by atoms with Gasteiger partial charge in [-0.15, -0.1) is 6.58 Å². The second kappa shape index (κ2) is 8.28. The first kappa shape index (κ1) is 18.4. The highest BCUT2D eigenvalue weighted by atomic mass is 16.5. The molecule has 0 spiro atoms. The van der Waals surface area contributed by atoms with E-state index in [9.17, 15) is 9.59 Å². The van der Waals surface area contributed by atoms with Crippen molar-refractivity contribution in [3.05, 3.63) is 59.9 Å². The zero-order chi connectivity index (χ0) is 18.4. The van der Waals surface area contributed by atoms with Crippen LogP contribution in [0.15, 0.2) is 43.0 Å². The number of esters is 1. The second-order valence-electron chi connectivity index (χ2n) is 5.74. The van der Waals surface area contributed by atoms with E-state index in [0.717, 1.165) is 22.6 Å². The Morgan fingerprint density at radius 2 is 2.00 bits per heavy atom. The molecule has 0 saturated heterocycles. The Morgan fingerprint density at radius 3 is 2.64 bits per heavy atom. The molecule has 0 bridgehead atoms. The van der Waals surface area contributed by atoms with Crippen molar-refractivity contribution >= 4 is 11.9 Å². The number of aromatic nitrogens is 2. The molecule has 0 aliphatic rings. The van der Waals surface area contributed by atoms with Gasteiger partial charge in [-0.1, -0.05) is 24.3 Å². The Bertz CT molecular complexity index is 766. The summed E-state index contributed by atoms with van der Waals surface area (Å²) in [5.41, 5.74) is 3.39. The lowest BCUT2D eigenvalue weighted by Gasteiger charge is -2.13. The quantitative estimate of drug-likeness (QED) is 0.619. The minimum Gasteiger partial charge on any atom is -0.452 e. The summed E-state index contributed by atoms with van der Waals surface area (Å²) in [6.07, 6.45) is 0.790. The van der Waals surface area contributed by atoms with E-state index in [4.69, 9.17) is 4.74 Å². The van der Waals surface area contributed by atoms with Crippen molar-refractivity contribution in [2.45, 2.75) is 33.3 Å². The molecule has 0 radical (unpaired) electrons. The summed E-state index contributed by atoms with van der Waals surface area (Å²) in [5.74, 6) is -0.804. The molecule has 25 heavy (non-hydrogen) atoms. The highest BCUT2D eigenvalue weighted by Gasteiger charge is 2.21. The molecule has 0 aliphatic heterocycles. The maximum Gasteiger partial charge on any atom is 0.311 e. The fourth-order valence-corrected chi connectivity index (χ4v) is 2.50. The van der Waals surface area contributed by atoms with Gasteiger partial charge >= 0.3 is 5.97 Å². The van der Waals surface area contributed by atoms with E-state index in [0.29, 0.717) is 6.54 Å². The van der Waals surface area contributed by atoms with Gasteiger partial charge in [0.05, 0.1) is 17.8 Å². The Hall–Kier alpha value is -2.89. The number of benzene rings is 1. The highest BCUT2D eigenvalue weighted by molar-refractivity contribution is 5.84. The monoisotopic (exact) mass is 341 g/mol. The van der Waals surface area contributed by atoms with Gasteiger partial charge in [0, 0.05) is 17.8 Å². The van der Waals surface area contributed by atoms with Gasteiger partial charge in [0.1, 0.15) is 0 Å². The minimum absolute atomic E-state index is 0.0730. The maximum atomic E-state index is 12.2. The van der Waals surface area contributed by atoms with Gasteiger partial charge in [0.2, 0.25) is 0 Å². The smallest absolute Gasteiger partial charge is 0.311 e. The molecule has 0 unspecified atom stereocenters. The molecule has 2 rings (SSSR count). The largest absolute Gasteiger partial charge is 0.452 e. The van der Waals surface area contributed by atoms with Crippen LogP contribution in [0.4, 0.5) is 0 Å². The van der Waals surface area contributed by atoms with E-state index in [1.54, 1.807) is 17.7 Å². The first-order valence-corrected chi connectivity index (χ1v) is 8.12. The molecule has 1 atom stereocenters. The number of para-hydroxylation sites is 1. The van der Waals surface area contributed by atoms with Crippen molar-refractivity contribution in [3.63, 3.8) is 0 Å². The molecule has 1 aromatic heterocycles. The average Bonchev–Trinajstić information content (AvgIpc) is 2.88. The van der Waals surface area contributed by atoms with Gasteiger partial charge in [-0.25, -0.2) is 4.68 Å². The first-order valence-electron chi connectivity index (χ1n) is 8.12. The zero-order valence-corrected chi connectivity index (χ0v) is 14.8. The number of nitrogens with one attached hydrogen (secondary N) is 1. The minimum atomic E-state index is -0.850. The average molecular weight is 341 g/mol. The summed E-state index contributed by atoms with van der Waals surface area (Å²) in [7, 11) is 0. The van der Waals surface area contributed by atoms with Gasteiger partial charge in [-0.2, -0.15) is 5.10 Å². The van der Waals surface area contributed by atoms with Gasteiger partial charge < -0.3 is 10.1 Å². The summed E-state index contributed by atoms with van der Waals surface area (Å²) in [6, 6.07) is 9.71. The van der Waals surface area contributed by atoms with E-state index in [2.05, 4.69) is 17.0 Å². The molecule has 1 N–H and O–H groups in total. The van der Waals surface area contributed by atoms with Crippen LogP contribution in [-0.4, -0.2) is 34.3 Å². The van der Waals surface area contributed by atoms with Crippen molar-refractivity contribution in [3.8, 4) is 5.69 Å². The van der Waals surface area contributed by atoms with Gasteiger partial charge in [-0.3, -0.25) is 9.59 Å². The Morgan fingerprint density at radius 1 is 1.32 bits per heavy atom. The second-order valence-corrected chi connectivity index (χ2v) is 5.74. The fraction of sp³-hybridized carbons (Fsp3) is 0.316. The Balaban J connectivity index is 2.08. The van der Waals surface area contributed by atoms with Crippen LogP contribution in [0.5, 0.6) is 0 Å². The number of hydrogen-bond acceptors (Lipinski definition) is 4. The predicted molar refractivity (Wildman–Crippen MR) is 95.5 cm³/mol. The predicted octanol–water partition coefficient (Wildman–Crippen LogP) is 2.27. The summed E-state index contributed by atoms with van der Waals surface area (Å²) >= 11 is 0. The van der Waals surface area contributed by atoms with Crippen molar-refractivity contribution < 1.29 is 14.3 Å². The molecule has 2 aromatic rings. The number of aryl methyl sites for hydroxylation is 1. The Labute approximate surface area is 147 Å². The summed E-state index contributed by atoms with van der Waals surface area (Å²) < 4.78 is 7.02. The van der Waals surface area contributed by atoms with Crippen LogP contribution in [-0.2, 0) is 20.7 Å². The van der Waals surface area contributed by atoms with Crippen LogP contribution in [0, 0.1) is 13.8 Å². The molecule has 132 valence electrons. The number of amides is 1. The van der Waals surface area contributed by atoms with Crippen LogP contribution >= 0.6 is 0 Å². The van der Waals surface area contributed by atoms with Gasteiger partial charge in [0.25, 0.3) is 5.91 Å².